The summed E-state index contributed by atoms with van der Waals surface area (Å²) in [6.07, 6.45) is 3.12. The molecule has 118 valence electrons. The van der Waals surface area contributed by atoms with Crippen LogP contribution in [-0.2, 0) is 11.2 Å². The lowest BCUT2D eigenvalue weighted by molar-refractivity contribution is -0.116. The molecule has 0 saturated heterocycles. The average molecular weight is 308 g/mol. The zero-order chi connectivity index (χ0) is 16.1. The van der Waals surface area contributed by atoms with Crippen molar-refractivity contribution in [3.05, 3.63) is 60.0 Å². The van der Waals surface area contributed by atoms with Crippen molar-refractivity contribution in [2.24, 2.45) is 0 Å². The van der Waals surface area contributed by atoms with E-state index in [4.69, 9.17) is 4.42 Å². The highest BCUT2D eigenvalue weighted by atomic mass is 16.3. The Labute approximate surface area is 135 Å². The third kappa shape index (κ3) is 3.97. The number of anilines is 1. The number of aromatic nitrogens is 1. The van der Waals surface area contributed by atoms with Crippen molar-refractivity contribution < 1.29 is 9.21 Å². The zero-order valence-electron chi connectivity index (χ0n) is 13.2. The Bertz CT molecular complexity index is 793. The van der Waals surface area contributed by atoms with Crippen molar-refractivity contribution >= 4 is 22.7 Å². The summed E-state index contributed by atoms with van der Waals surface area (Å²) in [4.78, 5) is 16.3. The number of rotatable bonds is 6. The first kappa shape index (κ1) is 15.3. The van der Waals surface area contributed by atoms with Crippen LogP contribution in [0.2, 0.25) is 0 Å². The second-order valence-corrected chi connectivity index (χ2v) is 5.60. The molecule has 0 atom stereocenters. The topological polar surface area (TPSA) is 55.1 Å². The van der Waals surface area contributed by atoms with Gasteiger partial charge in [-0.3, -0.25) is 4.79 Å². The number of nitrogens with one attached hydrogen (secondary N) is 1. The quantitative estimate of drug-likeness (QED) is 0.727. The number of benzene rings is 2. The standard InChI is InChI=1S/C19H20N2O2/c1-2-3-9-18(22)20-15-10-11-17-16(13-15)21-19(23-17)12-14-7-5-4-6-8-14/h4-8,10-11,13H,2-3,9,12H2,1H3,(H,20,22). The van der Waals surface area contributed by atoms with Gasteiger partial charge < -0.3 is 9.73 Å². The van der Waals surface area contributed by atoms with Crippen LogP contribution in [-0.4, -0.2) is 10.9 Å². The SMILES string of the molecule is CCCCC(=O)Nc1ccc2oc(Cc3ccccc3)nc2c1. The summed E-state index contributed by atoms with van der Waals surface area (Å²) >= 11 is 0. The number of oxazole rings is 1. The maximum absolute atomic E-state index is 11.8. The van der Waals surface area contributed by atoms with E-state index in [-0.39, 0.29) is 5.91 Å². The van der Waals surface area contributed by atoms with E-state index in [2.05, 4.69) is 17.2 Å². The Morgan fingerprint density at radius 3 is 2.78 bits per heavy atom. The maximum Gasteiger partial charge on any atom is 0.224 e. The predicted molar refractivity (Wildman–Crippen MR) is 91.4 cm³/mol. The van der Waals surface area contributed by atoms with E-state index in [9.17, 15) is 4.79 Å². The molecule has 0 unspecified atom stereocenters. The molecule has 1 N–H and O–H groups in total. The largest absolute Gasteiger partial charge is 0.440 e. The second-order valence-electron chi connectivity index (χ2n) is 5.60. The van der Waals surface area contributed by atoms with Gasteiger partial charge in [0.25, 0.3) is 0 Å². The van der Waals surface area contributed by atoms with Crippen LogP contribution in [0.4, 0.5) is 5.69 Å². The van der Waals surface area contributed by atoms with E-state index in [0.717, 1.165) is 35.2 Å². The molecule has 23 heavy (non-hydrogen) atoms. The molecule has 3 aromatic rings. The van der Waals surface area contributed by atoms with Gasteiger partial charge in [-0.15, -0.1) is 0 Å². The molecule has 1 aromatic heterocycles. The summed E-state index contributed by atoms with van der Waals surface area (Å²) in [6.45, 7) is 2.07. The molecule has 0 spiro atoms. The van der Waals surface area contributed by atoms with Gasteiger partial charge in [0.1, 0.15) is 5.52 Å². The molecular weight excluding hydrogens is 288 g/mol. The average Bonchev–Trinajstić information content (AvgIpc) is 2.95. The van der Waals surface area contributed by atoms with Crippen LogP contribution in [0.25, 0.3) is 11.1 Å². The molecular formula is C19H20N2O2. The second kappa shape index (κ2) is 7.09. The Balaban J connectivity index is 1.74. The van der Waals surface area contributed by atoms with Crippen molar-refractivity contribution in [2.75, 3.05) is 5.32 Å². The van der Waals surface area contributed by atoms with Crippen LogP contribution in [0.3, 0.4) is 0 Å². The minimum atomic E-state index is 0.0409. The Morgan fingerprint density at radius 1 is 1.17 bits per heavy atom. The van der Waals surface area contributed by atoms with Gasteiger partial charge in [0.2, 0.25) is 5.91 Å². The van der Waals surface area contributed by atoms with Crippen LogP contribution in [0.5, 0.6) is 0 Å². The van der Waals surface area contributed by atoms with E-state index >= 15 is 0 Å². The Hall–Kier alpha value is -2.62. The number of nitrogens with zero attached hydrogens (tertiary/aromatic N) is 1. The summed E-state index contributed by atoms with van der Waals surface area (Å²) < 4.78 is 5.77. The minimum absolute atomic E-state index is 0.0409. The van der Waals surface area contributed by atoms with Gasteiger partial charge in [-0.25, -0.2) is 4.98 Å². The predicted octanol–water partition coefficient (Wildman–Crippen LogP) is 4.55. The monoisotopic (exact) mass is 308 g/mol. The number of amides is 1. The first-order valence-electron chi connectivity index (χ1n) is 7.98. The normalized spacial score (nSPS) is 10.8. The van der Waals surface area contributed by atoms with Gasteiger partial charge in [-0.1, -0.05) is 43.7 Å². The lowest BCUT2D eigenvalue weighted by Crippen LogP contribution is -2.10. The summed E-state index contributed by atoms with van der Waals surface area (Å²) in [5.41, 5.74) is 3.43. The molecule has 0 aliphatic heterocycles. The fraction of sp³-hybridized carbons (Fsp3) is 0.263. The highest BCUT2D eigenvalue weighted by Gasteiger charge is 2.08. The fourth-order valence-electron chi connectivity index (χ4n) is 2.46. The van der Waals surface area contributed by atoms with Crippen LogP contribution in [0.15, 0.2) is 52.9 Å². The van der Waals surface area contributed by atoms with Crippen LogP contribution >= 0.6 is 0 Å². The number of unbranched alkanes of at least 4 members (excludes halogenated alkanes) is 1. The van der Waals surface area contributed by atoms with E-state index in [0.29, 0.717) is 18.7 Å². The highest BCUT2D eigenvalue weighted by molar-refractivity contribution is 5.92. The first-order chi connectivity index (χ1) is 11.2. The van der Waals surface area contributed by atoms with Gasteiger partial charge in [0, 0.05) is 18.5 Å². The molecule has 0 aliphatic carbocycles. The summed E-state index contributed by atoms with van der Waals surface area (Å²) in [5, 5.41) is 2.91. The third-order valence-corrected chi connectivity index (χ3v) is 3.67. The van der Waals surface area contributed by atoms with E-state index in [1.165, 1.54) is 0 Å². The zero-order valence-corrected chi connectivity index (χ0v) is 13.2. The number of carbonyl (C=O) groups is 1. The van der Waals surface area contributed by atoms with E-state index in [1.54, 1.807) is 0 Å². The molecule has 0 fully saturated rings. The lowest BCUT2D eigenvalue weighted by atomic mass is 10.1. The van der Waals surface area contributed by atoms with Gasteiger partial charge >= 0.3 is 0 Å². The first-order valence-corrected chi connectivity index (χ1v) is 7.98. The Morgan fingerprint density at radius 2 is 2.00 bits per heavy atom. The van der Waals surface area contributed by atoms with E-state index in [1.807, 2.05) is 48.5 Å². The molecule has 0 saturated carbocycles. The van der Waals surface area contributed by atoms with Crippen molar-refractivity contribution in [2.45, 2.75) is 32.6 Å². The van der Waals surface area contributed by atoms with Crippen LogP contribution < -0.4 is 5.32 Å². The number of hydrogen-bond acceptors (Lipinski definition) is 3. The summed E-state index contributed by atoms with van der Waals surface area (Å²) in [7, 11) is 0. The van der Waals surface area contributed by atoms with Gasteiger partial charge in [-0.2, -0.15) is 0 Å². The molecule has 0 aliphatic rings. The molecule has 0 radical (unpaired) electrons. The number of hydrogen-bond donors (Lipinski definition) is 1. The van der Waals surface area contributed by atoms with Crippen LogP contribution in [0, 0.1) is 0 Å². The lowest BCUT2D eigenvalue weighted by Gasteiger charge is -2.03. The van der Waals surface area contributed by atoms with Crippen molar-refractivity contribution in [3.8, 4) is 0 Å². The molecule has 0 bridgehead atoms. The molecule has 4 heteroatoms. The van der Waals surface area contributed by atoms with Crippen LogP contribution in [0.1, 0.15) is 37.6 Å². The molecule has 4 nitrogen and oxygen atoms in total. The van der Waals surface area contributed by atoms with Gasteiger partial charge in [0.15, 0.2) is 11.5 Å². The summed E-state index contributed by atoms with van der Waals surface area (Å²) in [6, 6.07) is 15.7. The molecule has 3 rings (SSSR count). The smallest absolute Gasteiger partial charge is 0.224 e. The molecule has 1 heterocycles. The Kier molecular flexibility index (Phi) is 4.71. The van der Waals surface area contributed by atoms with E-state index < -0.39 is 0 Å². The number of fused-ring (bicyclic) bond motifs is 1. The summed E-state index contributed by atoms with van der Waals surface area (Å²) in [5.74, 6) is 0.722. The third-order valence-electron chi connectivity index (χ3n) is 3.67. The minimum Gasteiger partial charge on any atom is -0.440 e. The van der Waals surface area contributed by atoms with Gasteiger partial charge in [0.05, 0.1) is 0 Å². The molecule has 1 amide bonds. The van der Waals surface area contributed by atoms with Crippen molar-refractivity contribution in [3.63, 3.8) is 0 Å². The molecule has 2 aromatic carbocycles. The van der Waals surface area contributed by atoms with Crippen molar-refractivity contribution in [1.82, 2.24) is 4.98 Å². The maximum atomic E-state index is 11.8. The highest BCUT2D eigenvalue weighted by Crippen LogP contribution is 2.21. The number of carbonyl (C=O) groups excluding carboxylic acids is 1. The fourth-order valence-corrected chi connectivity index (χ4v) is 2.46. The van der Waals surface area contributed by atoms with Crippen molar-refractivity contribution in [1.29, 1.82) is 0 Å². The van der Waals surface area contributed by atoms with Gasteiger partial charge in [-0.05, 0) is 30.2 Å².